The molecular weight excluding hydrogens is 304 g/mol. The molecule has 0 bridgehead atoms. The van der Waals surface area contributed by atoms with Crippen molar-refractivity contribution in [2.45, 2.75) is 85.5 Å². The summed E-state index contributed by atoms with van der Waals surface area (Å²) in [7, 11) is 0. The topological polar surface area (TPSA) is 58.6 Å². The maximum Gasteiger partial charge on any atom is 0.434 e. The van der Waals surface area contributed by atoms with Crippen molar-refractivity contribution in [2.75, 3.05) is 13.1 Å². The number of hydrogen-bond acceptors (Lipinski definition) is 3. The van der Waals surface area contributed by atoms with E-state index in [1.807, 2.05) is 6.92 Å². The lowest BCUT2D eigenvalue weighted by molar-refractivity contribution is -0.134. The van der Waals surface area contributed by atoms with Crippen LogP contribution in [0.25, 0.3) is 0 Å². The molecule has 0 aromatic rings. The zero-order valence-electron chi connectivity index (χ0n) is 16.0. The van der Waals surface area contributed by atoms with Crippen molar-refractivity contribution in [3.8, 4) is 0 Å². The Hall–Kier alpha value is -1.26. The van der Waals surface area contributed by atoms with Crippen LogP contribution in [0.15, 0.2) is 0 Å². The second-order valence-electron chi connectivity index (χ2n) is 8.30. The molecule has 140 valence electrons. The molecule has 1 unspecified atom stereocenters. The lowest BCUT2D eigenvalue weighted by atomic mass is 9.89. The number of carbonyl (C=O) groups is 2. The zero-order chi connectivity index (χ0) is 18.0. The second-order valence-corrected chi connectivity index (χ2v) is 8.30. The monoisotopic (exact) mass is 340 g/mol. The molecule has 1 atom stereocenters. The Balaban J connectivity index is 2.08. The molecule has 0 aromatic carbocycles. The van der Waals surface area contributed by atoms with Gasteiger partial charge in [0.1, 0.15) is 0 Å². The van der Waals surface area contributed by atoms with Gasteiger partial charge in [0, 0.05) is 19.0 Å². The first-order valence-electron chi connectivity index (χ1n) is 9.55. The summed E-state index contributed by atoms with van der Waals surface area (Å²) in [5.74, 6) is -0.322. The van der Waals surface area contributed by atoms with E-state index in [-0.39, 0.29) is 11.8 Å². The van der Waals surface area contributed by atoms with E-state index < -0.39 is 6.09 Å². The van der Waals surface area contributed by atoms with Crippen molar-refractivity contribution in [1.82, 2.24) is 10.4 Å². The quantitative estimate of drug-likeness (QED) is 0.541. The van der Waals surface area contributed by atoms with Crippen molar-refractivity contribution in [3.63, 3.8) is 0 Å². The Morgan fingerprint density at radius 1 is 1.04 bits per heavy atom. The summed E-state index contributed by atoms with van der Waals surface area (Å²) in [6.07, 6.45) is 9.48. The summed E-state index contributed by atoms with van der Waals surface area (Å²) >= 11 is 0. The van der Waals surface area contributed by atoms with Crippen LogP contribution in [0.1, 0.15) is 85.5 Å². The van der Waals surface area contributed by atoms with E-state index in [2.05, 4.69) is 26.3 Å². The maximum absolute atomic E-state index is 12.0. The predicted octanol–water partition coefficient (Wildman–Crippen LogP) is 4.66. The Bertz CT molecular complexity index is 385. The fourth-order valence-corrected chi connectivity index (χ4v) is 2.93. The van der Waals surface area contributed by atoms with Crippen molar-refractivity contribution >= 4 is 12.0 Å². The van der Waals surface area contributed by atoms with Crippen LogP contribution < -0.4 is 5.48 Å². The smallest absolute Gasteiger partial charge is 0.321 e. The second kappa shape index (κ2) is 10.6. The molecule has 0 aliphatic carbocycles. The van der Waals surface area contributed by atoms with Gasteiger partial charge in [-0.15, -0.1) is 0 Å². The van der Waals surface area contributed by atoms with Crippen LogP contribution in [0.2, 0.25) is 0 Å². The first kappa shape index (κ1) is 20.8. The van der Waals surface area contributed by atoms with E-state index >= 15 is 0 Å². The molecule has 1 saturated heterocycles. The van der Waals surface area contributed by atoms with Crippen molar-refractivity contribution in [3.05, 3.63) is 0 Å². The highest BCUT2D eigenvalue weighted by Crippen LogP contribution is 2.22. The number of nitrogens with zero attached hydrogens (tertiary/aromatic N) is 1. The summed E-state index contributed by atoms with van der Waals surface area (Å²) in [6.45, 7) is 10.1. The fourth-order valence-electron chi connectivity index (χ4n) is 2.93. The van der Waals surface area contributed by atoms with Gasteiger partial charge in [-0.1, -0.05) is 53.4 Å². The van der Waals surface area contributed by atoms with Gasteiger partial charge in [-0.3, -0.25) is 4.79 Å². The SMILES string of the molecule is CC(CCCCCCC(C)(C)C)C(=O)NOC(=O)N1CCCCC1. The van der Waals surface area contributed by atoms with Gasteiger partial charge in [-0.05, 0) is 37.5 Å². The Labute approximate surface area is 147 Å². The minimum Gasteiger partial charge on any atom is -0.321 e. The van der Waals surface area contributed by atoms with Crippen LogP contribution >= 0.6 is 0 Å². The molecule has 1 N–H and O–H groups in total. The van der Waals surface area contributed by atoms with Gasteiger partial charge in [0.25, 0.3) is 5.91 Å². The highest BCUT2D eigenvalue weighted by molar-refractivity contribution is 5.79. The number of carbonyl (C=O) groups excluding carboxylic acids is 2. The van der Waals surface area contributed by atoms with Gasteiger partial charge in [0.15, 0.2) is 0 Å². The van der Waals surface area contributed by atoms with Crippen LogP contribution in [0.3, 0.4) is 0 Å². The Morgan fingerprint density at radius 2 is 1.67 bits per heavy atom. The van der Waals surface area contributed by atoms with E-state index in [0.717, 1.165) is 51.6 Å². The number of amides is 2. The molecule has 0 radical (unpaired) electrons. The molecule has 0 aromatic heterocycles. The number of likely N-dealkylation sites (tertiary alicyclic amines) is 1. The normalized spacial score (nSPS) is 16.6. The third-order valence-electron chi connectivity index (χ3n) is 4.61. The molecule has 1 rings (SSSR count). The molecular formula is C19H36N2O3. The van der Waals surface area contributed by atoms with Crippen LogP contribution in [0.5, 0.6) is 0 Å². The number of unbranched alkanes of at least 4 members (excludes halogenated alkanes) is 3. The Morgan fingerprint density at radius 3 is 2.29 bits per heavy atom. The van der Waals surface area contributed by atoms with Gasteiger partial charge in [0.2, 0.25) is 0 Å². The summed E-state index contributed by atoms with van der Waals surface area (Å²) in [4.78, 5) is 30.4. The fraction of sp³-hybridized carbons (Fsp3) is 0.895. The molecule has 0 spiro atoms. The van der Waals surface area contributed by atoms with E-state index in [4.69, 9.17) is 4.84 Å². The third-order valence-corrected chi connectivity index (χ3v) is 4.61. The Kier molecular flexibility index (Phi) is 9.16. The number of piperidine rings is 1. The summed E-state index contributed by atoms with van der Waals surface area (Å²) in [5.41, 5.74) is 2.73. The van der Waals surface area contributed by atoms with Crippen LogP contribution in [0.4, 0.5) is 4.79 Å². The number of hydroxylamine groups is 1. The summed E-state index contributed by atoms with van der Waals surface area (Å²) < 4.78 is 0. The largest absolute Gasteiger partial charge is 0.434 e. The minimum absolute atomic E-state index is 0.123. The molecule has 1 aliphatic heterocycles. The predicted molar refractivity (Wildman–Crippen MR) is 96.4 cm³/mol. The summed E-state index contributed by atoms with van der Waals surface area (Å²) in [6, 6.07) is 0. The van der Waals surface area contributed by atoms with Gasteiger partial charge in [-0.2, -0.15) is 5.48 Å². The standard InChI is InChI=1S/C19H36N2O3/c1-16(12-8-5-6-9-13-19(2,3)4)17(22)20-24-18(23)21-14-10-7-11-15-21/h16H,5-15H2,1-4H3,(H,20,22). The minimum atomic E-state index is -0.433. The first-order valence-corrected chi connectivity index (χ1v) is 9.55. The van der Waals surface area contributed by atoms with Crippen LogP contribution in [0, 0.1) is 11.3 Å². The molecule has 1 aliphatic rings. The third kappa shape index (κ3) is 9.14. The van der Waals surface area contributed by atoms with E-state index in [1.165, 1.54) is 19.3 Å². The molecule has 2 amide bonds. The van der Waals surface area contributed by atoms with Crippen molar-refractivity contribution in [2.24, 2.45) is 11.3 Å². The summed E-state index contributed by atoms with van der Waals surface area (Å²) in [5, 5.41) is 0. The lowest BCUT2D eigenvalue weighted by Gasteiger charge is -2.25. The average Bonchev–Trinajstić information content (AvgIpc) is 2.55. The van der Waals surface area contributed by atoms with E-state index in [9.17, 15) is 9.59 Å². The van der Waals surface area contributed by atoms with Gasteiger partial charge in [-0.25, -0.2) is 4.79 Å². The van der Waals surface area contributed by atoms with Gasteiger partial charge >= 0.3 is 6.09 Å². The van der Waals surface area contributed by atoms with Gasteiger partial charge in [0.05, 0.1) is 0 Å². The number of rotatable bonds is 7. The molecule has 1 heterocycles. The molecule has 0 saturated carbocycles. The highest BCUT2D eigenvalue weighted by Gasteiger charge is 2.20. The zero-order valence-corrected chi connectivity index (χ0v) is 16.0. The maximum atomic E-state index is 12.0. The number of hydrogen-bond donors (Lipinski definition) is 1. The van der Waals surface area contributed by atoms with Crippen molar-refractivity contribution < 1.29 is 14.4 Å². The van der Waals surface area contributed by atoms with Crippen LogP contribution in [-0.2, 0) is 9.63 Å². The van der Waals surface area contributed by atoms with E-state index in [0.29, 0.717) is 5.41 Å². The van der Waals surface area contributed by atoms with Crippen LogP contribution in [-0.4, -0.2) is 30.0 Å². The lowest BCUT2D eigenvalue weighted by Crippen LogP contribution is -2.41. The molecule has 5 nitrogen and oxygen atoms in total. The average molecular weight is 341 g/mol. The first-order chi connectivity index (χ1) is 11.3. The molecule has 5 heteroatoms. The van der Waals surface area contributed by atoms with Crippen molar-refractivity contribution in [1.29, 1.82) is 0 Å². The highest BCUT2D eigenvalue weighted by atomic mass is 16.7. The molecule has 24 heavy (non-hydrogen) atoms. The van der Waals surface area contributed by atoms with Gasteiger partial charge < -0.3 is 9.74 Å². The number of nitrogens with one attached hydrogen (secondary N) is 1. The van der Waals surface area contributed by atoms with E-state index in [1.54, 1.807) is 4.90 Å². The molecule has 1 fully saturated rings.